The van der Waals surface area contributed by atoms with Gasteiger partial charge >= 0.3 is 0 Å². The van der Waals surface area contributed by atoms with E-state index in [1.165, 1.54) is 45.2 Å². The van der Waals surface area contributed by atoms with Crippen LogP contribution in [0.25, 0.3) is 0 Å². The molecule has 1 N–H and O–H groups in total. The maximum absolute atomic E-state index is 3.77. The van der Waals surface area contributed by atoms with Crippen molar-refractivity contribution in [1.29, 1.82) is 0 Å². The van der Waals surface area contributed by atoms with E-state index < -0.39 is 0 Å². The highest BCUT2D eigenvalue weighted by atomic mass is 14.9. The monoisotopic (exact) mass is 241 g/mol. The van der Waals surface area contributed by atoms with Crippen LogP contribution in [0.5, 0.6) is 0 Å². The fourth-order valence-electron chi connectivity index (χ4n) is 3.74. The van der Waals surface area contributed by atoms with Crippen molar-refractivity contribution in [2.75, 3.05) is 13.1 Å². The Morgan fingerprint density at radius 1 is 1.06 bits per heavy atom. The highest BCUT2D eigenvalue weighted by Gasteiger charge is 2.41. The van der Waals surface area contributed by atoms with E-state index in [9.17, 15) is 0 Å². The average Bonchev–Trinajstić information content (AvgIpc) is 3.24. The summed E-state index contributed by atoms with van der Waals surface area (Å²) in [6.45, 7) is 2.49. The van der Waals surface area contributed by atoms with Gasteiger partial charge in [-0.15, -0.1) is 0 Å². The van der Waals surface area contributed by atoms with Crippen molar-refractivity contribution in [3.63, 3.8) is 0 Å². The minimum absolute atomic E-state index is 0.792. The first-order valence-electron chi connectivity index (χ1n) is 7.70. The number of nitrogens with one attached hydrogen (secondary N) is 1. The van der Waals surface area contributed by atoms with E-state index in [1.54, 1.807) is 11.1 Å². The summed E-state index contributed by atoms with van der Waals surface area (Å²) in [4.78, 5) is 0. The molecule has 0 heterocycles. The lowest BCUT2D eigenvalue weighted by Crippen LogP contribution is -2.33. The fourth-order valence-corrected chi connectivity index (χ4v) is 3.74. The molecule has 1 aromatic carbocycles. The van der Waals surface area contributed by atoms with Crippen LogP contribution in [0.1, 0.15) is 42.7 Å². The molecule has 1 heteroatoms. The number of hydrogen-bond donors (Lipinski definition) is 1. The van der Waals surface area contributed by atoms with Gasteiger partial charge in [0.1, 0.15) is 0 Å². The van der Waals surface area contributed by atoms with Crippen LogP contribution in [-0.2, 0) is 6.42 Å². The molecule has 1 atom stereocenters. The number of hydrogen-bond acceptors (Lipinski definition) is 1. The first kappa shape index (κ1) is 11.0. The topological polar surface area (TPSA) is 12.0 Å². The van der Waals surface area contributed by atoms with Gasteiger partial charge in [0.15, 0.2) is 0 Å². The quantitative estimate of drug-likeness (QED) is 0.805. The van der Waals surface area contributed by atoms with Crippen molar-refractivity contribution in [2.24, 2.45) is 17.8 Å². The zero-order chi connectivity index (χ0) is 11.9. The summed E-state index contributed by atoms with van der Waals surface area (Å²) >= 11 is 0. The highest BCUT2D eigenvalue weighted by molar-refractivity contribution is 5.40. The van der Waals surface area contributed by atoms with Gasteiger partial charge in [0.25, 0.3) is 0 Å². The summed E-state index contributed by atoms with van der Waals surface area (Å²) in [5.41, 5.74) is 3.17. The van der Waals surface area contributed by atoms with E-state index in [0.717, 1.165) is 23.7 Å². The van der Waals surface area contributed by atoms with Gasteiger partial charge in [0.2, 0.25) is 0 Å². The Morgan fingerprint density at radius 2 is 1.78 bits per heavy atom. The predicted octanol–water partition coefficient (Wildman–Crippen LogP) is 3.35. The molecule has 2 saturated carbocycles. The van der Waals surface area contributed by atoms with Crippen molar-refractivity contribution >= 4 is 0 Å². The van der Waals surface area contributed by atoms with Gasteiger partial charge in [-0.3, -0.25) is 0 Å². The largest absolute Gasteiger partial charge is 0.316 e. The van der Waals surface area contributed by atoms with Gasteiger partial charge in [0, 0.05) is 12.5 Å². The van der Waals surface area contributed by atoms with E-state index in [0.29, 0.717) is 0 Å². The third kappa shape index (κ3) is 2.09. The van der Waals surface area contributed by atoms with Gasteiger partial charge in [0.05, 0.1) is 0 Å². The van der Waals surface area contributed by atoms with Crippen molar-refractivity contribution in [2.45, 2.75) is 38.0 Å². The summed E-state index contributed by atoms with van der Waals surface area (Å²) < 4.78 is 0. The highest BCUT2D eigenvalue weighted by Crippen LogP contribution is 2.48. The molecule has 0 spiro atoms. The Morgan fingerprint density at radius 3 is 2.44 bits per heavy atom. The standard InChI is InChI=1S/C17H23N/c1-2-4-16-14(3-1)9-15(16)10-18-11-17(12-5-6-12)13-7-8-13/h1-4,12-13,15,17-18H,5-11H2. The zero-order valence-corrected chi connectivity index (χ0v) is 11.1. The molecular formula is C17H23N. The van der Waals surface area contributed by atoms with Crippen LogP contribution in [0.3, 0.4) is 0 Å². The van der Waals surface area contributed by atoms with Gasteiger partial charge in [-0.2, -0.15) is 0 Å². The van der Waals surface area contributed by atoms with Crippen LogP contribution in [-0.4, -0.2) is 13.1 Å². The molecule has 2 fully saturated rings. The molecule has 1 nitrogen and oxygen atoms in total. The summed E-state index contributed by atoms with van der Waals surface area (Å²) in [7, 11) is 0. The Bertz CT molecular complexity index is 419. The van der Waals surface area contributed by atoms with Gasteiger partial charge < -0.3 is 5.32 Å². The molecule has 18 heavy (non-hydrogen) atoms. The number of benzene rings is 1. The normalized spacial score (nSPS) is 25.9. The van der Waals surface area contributed by atoms with E-state index in [1.807, 2.05) is 0 Å². The first-order chi connectivity index (χ1) is 8.92. The number of rotatable bonds is 6. The Labute approximate surface area is 110 Å². The molecule has 4 rings (SSSR count). The van der Waals surface area contributed by atoms with Crippen molar-refractivity contribution in [1.82, 2.24) is 5.32 Å². The van der Waals surface area contributed by atoms with Crippen LogP contribution in [0.2, 0.25) is 0 Å². The van der Waals surface area contributed by atoms with Crippen LogP contribution in [0, 0.1) is 17.8 Å². The van der Waals surface area contributed by atoms with Crippen LogP contribution < -0.4 is 5.32 Å². The summed E-state index contributed by atoms with van der Waals surface area (Å²) in [6.07, 6.45) is 7.33. The summed E-state index contributed by atoms with van der Waals surface area (Å²) in [6, 6.07) is 8.94. The smallest absolute Gasteiger partial charge is 0.00235 e. The van der Waals surface area contributed by atoms with Crippen molar-refractivity contribution in [3.05, 3.63) is 35.4 Å². The molecule has 1 aromatic rings. The third-order valence-corrected chi connectivity index (χ3v) is 5.19. The maximum atomic E-state index is 3.77. The lowest BCUT2D eigenvalue weighted by atomic mass is 9.77. The predicted molar refractivity (Wildman–Crippen MR) is 74.7 cm³/mol. The second-order valence-corrected chi connectivity index (χ2v) is 6.60. The van der Waals surface area contributed by atoms with Gasteiger partial charge in [-0.05, 0) is 67.5 Å². The van der Waals surface area contributed by atoms with Crippen molar-refractivity contribution < 1.29 is 0 Å². The zero-order valence-electron chi connectivity index (χ0n) is 11.1. The van der Waals surface area contributed by atoms with E-state index in [4.69, 9.17) is 0 Å². The second kappa shape index (κ2) is 4.38. The van der Waals surface area contributed by atoms with Crippen LogP contribution >= 0.6 is 0 Å². The maximum Gasteiger partial charge on any atom is 0.00235 e. The molecule has 3 aliphatic rings. The van der Waals surface area contributed by atoms with E-state index >= 15 is 0 Å². The van der Waals surface area contributed by atoms with Crippen LogP contribution in [0.15, 0.2) is 24.3 Å². The minimum Gasteiger partial charge on any atom is -0.316 e. The Kier molecular flexibility index (Phi) is 2.69. The van der Waals surface area contributed by atoms with Crippen molar-refractivity contribution in [3.8, 4) is 0 Å². The third-order valence-electron chi connectivity index (χ3n) is 5.19. The lowest BCUT2D eigenvalue weighted by Gasteiger charge is -2.31. The number of fused-ring (bicyclic) bond motifs is 1. The molecule has 0 radical (unpaired) electrons. The molecule has 0 aromatic heterocycles. The van der Waals surface area contributed by atoms with E-state index in [2.05, 4.69) is 29.6 Å². The Hall–Kier alpha value is -0.820. The Balaban J connectivity index is 1.27. The molecule has 0 aliphatic heterocycles. The molecule has 3 aliphatic carbocycles. The molecule has 0 saturated heterocycles. The minimum atomic E-state index is 0.792. The molecule has 96 valence electrons. The van der Waals surface area contributed by atoms with Gasteiger partial charge in [-0.25, -0.2) is 0 Å². The molecular weight excluding hydrogens is 218 g/mol. The molecule has 1 unspecified atom stereocenters. The average molecular weight is 241 g/mol. The van der Waals surface area contributed by atoms with Gasteiger partial charge in [-0.1, -0.05) is 24.3 Å². The van der Waals surface area contributed by atoms with E-state index in [-0.39, 0.29) is 0 Å². The SMILES string of the molecule is c1ccc2c(c1)CC2CNCC(C1CC1)C1CC1. The van der Waals surface area contributed by atoms with Crippen LogP contribution in [0.4, 0.5) is 0 Å². The summed E-state index contributed by atoms with van der Waals surface area (Å²) in [5, 5.41) is 3.77. The fraction of sp³-hybridized carbons (Fsp3) is 0.647. The second-order valence-electron chi connectivity index (χ2n) is 6.60. The molecule has 0 amide bonds. The lowest BCUT2D eigenvalue weighted by molar-refractivity contribution is 0.369. The summed E-state index contributed by atoms with van der Waals surface area (Å²) in [5.74, 6) is 3.97. The first-order valence-corrected chi connectivity index (χ1v) is 7.70. The molecule has 0 bridgehead atoms.